The molecule has 0 aliphatic carbocycles. The van der Waals surface area contributed by atoms with Crippen LogP contribution in [0.2, 0.25) is 0 Å². The van der Waals surface area contributed by atoms with Crippen LogP contribution in [-0.2, 0) is 14.4 Å². The summed E-state index contributed by atoms with van der Waals surface area (Å²) in [5.41, 5.74) is 5.24. The van der Waals surface area contributed by atoms with Crippen LogP contribution in [0, 0.1) is 23.2 Å². The lowest BCUT2D eigenvalue weighted by Gasteiger charge is -2.23. The van der Waals surface area contributed by atoms with E-state index < -0.39 is 29.8 Å². The molecule has 0 bridgehead atoms. The smallest absolute Gasteiger partial charge is 0.243 e. The minimum absolute atomic E-state index is 0.145. The fraction of sp³-hybridized carbons (Fsp3) is 0.714. The van der Waals surface area contributed by atoms with Crippen LogP contribution in [0.25, 0.3) is 0 Å². The zero-order valence-electron chi connectivity index (χ0n) is 13.0. The average Bonchev–Trinajstić information content (AvgIpc) is 2.35. The van der Waals surface area contributed by atoms with Crippen molar-refractivity contribution in [1.82, 2.24) is 10.6 Å². The van der Waals surface area contributed by atoms with Crippen molar-refractivity contribution in [3.63, 3.8) is 0 Å². The molecular formula is C14H24N4O3. The zero-order chi connectivity index (χ0) is 16.6. The van der Waals surface area contributed by atoms with Crippen LogP contribution in [0.5, 0.6) is 0 Å². The molecular weight excluding hydrogens is 272 g/mol. The van der Waals surface area contributed by atoms with Crippen molar-refractivity contribution in [3.8, 4) is 6.07 Å². The number of hydrogen-bond donors (Lipinski definition) is 3. The molecule has 7 nitrogen and oxygen atoms in total. The average molecular weight is 296 g/mol. The lowest BCUT2D eigenvalue weighted by atomic mass is 10.00. The molecule has 0 radical (unpaired) electrons. The molecule has 3 amide bonds. The molecule has 3 atom stereocenters. The molecule has 118 valence electrons. The van der Waals surface area contributed by atoms with E-state index in [0.29, 0.717) is 6.42 Å². The maximum atomic E-state index is 12.2. The van der Waals surface area contributed by atoms with Gasteiger partial charge in [0.05, 0.1) is 6.07 Å². The van der Waals surface area contributed by atoms with Crippen LogP contribution in [-0.4, -0.2) is 29.8 Å². The van der Waals surface area contributed by atoms with Crippen molar-refractivity contribution in [2.24, 2.45) is 17.6 Å². The van der Waals surface area contributed by atoms with Crippen molar-refractivity contribution in [1.29, 1.82) is 5.26 Å². The minimum atomic E-state index is -0.921. The summed E-state index contributed by atoms with van der Waals surface area (Å²) in [6.07, 6.45) is 0.594. The highest BCUT2D eigenvalue weighted by Crippen LogP contribution is 2.08. The molecule has 0 spiro atoms. The van der Waals surface area contributed by atoms with Gasteiger partial charge in [0.25, 0.3) is 0 Å². The molecule has 0 unspecified atom stereocenters. The maximum absolute atomic E-state index is 12.2. The number of amides is 3. The fourth-order valence-electron chi connectivity index (χ4n) is 1.87. The summed E-state index contributed by atoms with van der Waals surface area (Å²) in [6, 6.07) is 0.347. The summed E-state index contributed by atoms with van der Waals surface area (Å²) < 4.78 is 0. The summed E-state index contributed by atoms with van der Waals surface area (Å²) in [4.78, 5) is 34.7. The van der Waals surface area contributed by atoms with E-state index in [9.17, 15) is 14.4 Å². The number of nitrogens with one attached hydrogen (secondary N) is 2. The number of nitriles is 1. The largest absolute Gasteiger partial charge is 0.368 e. The van der Waals surface area contributed by atoms with E-state index in [0.717, 1.165) is 0 Å². The highest BCUT2D eigenvalue weighted by Gasteiger charge is 2.26. The topological polar surface area (TPSA) is 125 Å². The van der Waals surface area contributed by atoms with Gasteiger partial charge in [0.1, 0.15) is 12.1 Å². The summed E-state index contributed by atoms with van der Waals surface area (Å²) in [5, 5.41) is 13.8. The molecule has 21 heavy (non-hydrogen) atoms. The van der Waals surface area contributed by atoms with E-state index >= 15 is 0 Å². The molecule has 4 N–H and O–H groups in total. The van der Waals surface area contributed by atoms with Gasteiger partial charge >= 0.3 is 0 Å². The van der Waals surface area contributed by atoms with E-state index in [4.69, 9.17) is 11.0 Å². The first-order valence-electron chi connectivity index (χ1n) is 6.93. The molecule has 0 aromatic rings. The Kier molecular flexibility index (Phi) is 8.06. The molecule has 0 heterocycles. The van der Waals surface area contributed by atoms with E-state index in [-0.39, 0.29) is 18.2 Å². The first-order chi connectivity index (χ1) is 9.67. The Labute approximate surface area is 125 Å². The lowest BCUT2D eigenvalue weighted by molar-refractivity contribution is -0.131. The Balaban J connectivity index is 4.86. The highest BCUT2D eigenvalue weighted by molar-refractivity contribution is 5.91. The Bertz CT molecular complexity index is 428. The van der Waals surface area contributed by atoms with E-state index in [1.165, 1.54) is 6.92 Å². The Morgan fingerprint density at radius 3 is 2.05 bits per heavy atom. The van der Waals surface area contributed by atoms with Crippen LogP contribution >= 0.6 is 0 Å². The van der Waals surface area contributed by atoms with Gasteiger partial charge in [-0.15, -0.1) is 0 Å². The van der Waals surface area contributed by atoms with Gasteiger partial charge < -0.3 is 16.4 Å². The Hall–Kier alpha value is -2.10. The van der Waals surface area contributed by atoms with E-state index in [1.807, 2.05) is 19.9 Å². The maximum Gasteiger partial charge on any atom is 0.243 e. The van der Waals surface area contributed by atoms with E-state index in [2.05, 4.69) is 10.6 Å². The lowest BCUT2D eigenvalue weighted by Crippen LogP contribution is -2.53. The quantitative estimate of drug-likeness (QED) is 0.585. The van der Waals surface area contributed by atoms with Gasteiger partial charge in [-0.25, -0.2) is 0 Å². The van der Waals surface area contributed by atoms with Gasteiger partial charge in [0.15, 0.2) is 0 Å². The SMILES string of the molecule is CC(=O)N[C@@H](CC(C)C)C(=O)N[C@@H](C[C@@H](C)C#N)C(N)=O. The first kappa shape index (κ1) is 18.9. The summed E-state index contributed by atoms with van der Waals surface area (Å²) in [5.74, 6) is -1.70. The van der Waals surface area contributed by atoms with Crippen molar-refractivity contribution >= 4 is 17.7 Å². The molecule has 0 aliphatic heterocycles. The van der Waals surface area contributed by atoms with Gasteiger partial charge in [0, 0.05) is 12.8 Å². The van der Waals surface area contributed by atoms with Crippen molar-refractivity contribution in [2.45, 2.75) is 52.6 Å². The second kappa shape index (κ2) is 8.95. The van der Waals surface area contributed by atoms with E-state index in [1.54, 1.807) is 6.92 Å². The second-order valence-electron chi connectivity index (χ2n) is 5.61. The van der Waals surface area contributed by atoms with Crippen LogP contribution in [0.1, 0.15) is 40.5 Å². The number of primary amides is 1. The summed E-state index contributed by atoms with van der Waals surface area (Å²) in [7, 11) is 0. The number of carbonyl (C=O) groups excluding carboxylic acids is 3. The molecule has 0 aromatic carbocycles. The molecule has 0 saturated carbocycles. The van der Waals surface area contributed by atoms with Crippen molar-refractivity contribution < 1.29 is 14.4 Å². The second-order valence-corrected chi connectivity index (χ2v) is 5.61. The number of nitrogens with two attached hydrogens (primary N) is 1. The Morgan fingerprint density at radius 1 is 1.10 bits per heavy atom. The number of rotatable bonds is 8. The molecule has 0 aromatic heterocycles. The van der Waals surface area contributed by atoms with Crippen LogP contribution in [0.4, 0.5) is 0 Å². The zero-order valence-corrected chi connectivity index (χ0v) is 13.0. The molecule has 0 saturated heterocycles. The number of nitrogens with zero attached hydrogens (tertiary/aromatic N) is 1. The first-order valence-corrected chi connectivity index (χ1v) is 6.93. The summed E-state index contributed by atoms with van der Waals surface area (Å²) in [6.45, 7) is 6.81. The normalized spacial score (nSPS) is 14.7. The van der Waals surface area contributed by atoms with Gasteiger partial charge in [-0.3, -0.25) is 14.4 Å². The van der Waals surface area contributed by atoms with Crippen LogP contribution < -0.4 is 16.4 Å². The monoisotopic (exact) mass is 296 g/mol. The Morgan fingerprint density at radius 2 is 1.67 bits per heavy atom. The van der Waals surface area contributed by atoms with Crippen LogP contribution in [0.15, 0.2) is 0 Å². The predicted octanol–water partition coefficient (Wildman–Crippen LogP) is 0.0571. The fourth-order valence-corrected chi connectivity index (χ4v) is 1.87. The third-order valence-corrected chi connectivity index (χ3v) is 2.87. The number of hydrogen-bond acceptors (Lipinski definition) is 4. The highest BCUT2D eigenvalue weighted by atomic mass is 16.2. The minimum Gasteiger partial charge on any atom is -0.368 e. The van der Waals surface area contributed by atoms with Gasteiger partial charge in [-0.1, -0.05) is 13.8 Å². The van der Waals surface area contributed by atoms with Gasteiger partial charge in [-0.2, -0.15) is 5.26 Å². The number of carbonyl (C=O) groups is 3. The van der Waals surface area contributed by atoms with Crippen molar-refractivity contribution in [3.05, 3.63) is 0 Å². The molecule has 0 aliphatic rings. The summed E-state index contributed by atoms with van der Waals surface area (Å²) >= 11 is 0. The third kappa shape index (κ3) is 7.92. The standard InChI is InChI=1S/C14H24N4O3/c1-8(2)5-12(17-10(4)19)14(21)18-11(13(16)20)6-9(3)7-15/h8-9,11-12H,5-6H2,1-4H3,(H2,16,20)(H,17,19)(H,18,21)/t9-,11+,12+/m1/s1. The molecule has 0 rings (SSSR count). The van der Waals surface area contributed by atoms with Crippen LogP contribution in [0.3, 0.4) is 0 Å². The van der Waals surface area contributed by atoms with Gasteiger partial charge in [0.2, 0.25) is 17.7 Å². The third-order valence-electron chi connectivity index (χ3n) is 2.87. The van der Waals surface area contributed by atoms with Crippen molar-refractivity contribution in [2.75, 3.05) is 0 Å². The van der Waals surface area contributed by atoms with Gasteiger partial charge in [-0.05, 0) is 25.7 Å². The molecule has 0 fully saturated rings. The molecule has 7 heteroatoms. The predicted molar refractivity (Wildman–Crippen MR) is 77.6 cm³/mol.